The van der Waals surface area contributed by atoms with Gasteiger partial charge in [-0.3, -0.25) is 42.5 Å². The average Bonchev–Trinajstić information content (AvgIpc) is 3.76. The van der Waals surface area contributed by atoms with E-state index < -0.39 is 15.3 Å². The third-order valence-electron chi connectivity index (χ3n) is 14.3. The van der Waals surface area contributed by atoms with E-state index in [9.17, 15) is 8.42 Å². The van der Waals surface area contributed by atoms with Crippen molar-refractivity contribution in [2.45, 2.75) is 151 Å². The van der Waals surface area contributed by atoms with Crippen LogP contribution in [-0.4, -0.2) is 80.4 Å². The molecule has 4 aliphatic carbocycles. The van der Waals surface area contributed by atoms with E-state index in [0.29, 0.717) is 54.3 Å². The molecule has 10 N–H and O–H groups in total. The molecule has 11 nitrogen and oxygen atoms in total. The summed E-state index contributed by atoms with van der Waals surface area (Å²) in [6.07, 6.45) is 19.6. The number of fused-ring (bicyclic) bond motifs is 20. The molecule has 0 amide bonds. The first-order valence-electron chi connectivity index (χ1n) is 18.5. The van der Waals surface area contributed by atoms with Crippen molar-refractivity contribution >= 4 is 27.4 Å². The Hall–Kier alpha value is 0.122. The molecule has 8 bridgehead atoms. The molecule has 0 aromatic carbocycles. The maximum absolute atomic E-state index is 13.0. The largest absolute Gasteiger partial charge is 0.286 e. The van der Waals surface area contributed by atoms with E-state index in [4.69, 9.17) is 5.14 Å². The van der Waals surface area contributed by atoms with Gasteiger partial charge in [-0.25, -0.2) is 13.6 Å². The number of nitrogens with two attached hydrogens (primary N) is 1. The number of primary sulfonamides is 1. The van der Waals surface area contributed by atoms with Gasteiger partial charge in [0.05, 0.1) is 54.6 Å². The summed E-state index contributed by atoms with van der Waals surface area (Å²) >= 11 is 0. The van der Waals surface area contributed by atoms with Crippen LogP contribution in [0.3, 0.4) is 0 Å². The van der Waals surface area contributed by atoms with E-state index >= 15 is 0 Å². The predicted molar refractivity (Wildman–Crippen MR) is 179 cm³/mol. The van der Waals surface area contributed by atoms with Crippen LogP contribution in [0.5, 0.6) is 0 Å². The Balaban J connectivity index is 0.00000300. The van der Waals surface area contributed by atoms with Gasteiger partial charge in [0.2, 0.25) is 10.0 Å². The van der Waals surface area contributed by atoms with Crippen LogP contribution in [0.25, 0.3) is 0 Å². The van der Waals surface area contributed by atoms with Gasteiger partial charge >= 0.3 is 0 Å². The van der Waals surface area contributed by atoms with E-state index in [1.165, 1.54) is 77.0 Å². The average molecular weight is 662 g/mol. The molecule has 0 aromatic heterocycles. The third kappa shape index (κ3) is 5.71. The molecule has 17 unspecified atom stereocenters. The predicted octanol–water partition coefficient (Wildman–Crippen LogP) is -0.311. The van der Waals surface area contributed by atoms with Gasteiger partial charge < -0.3 is 0 Å². The highest BCUT2D eigenvalue weighted by Gasteiger charge is 2.56. The summed E-state index contributed by atoms with van der Waals surface area (Å²) in [4.78, 5) is 0. The molecule has 5 heterocycles. The van der Waals surface area contributed by atoms with Gasteiger partial charge in [0, 0.05) is 5.92 Å². The van der Waals surface area contributed by atoms with Crippen molar-refractivity contribution in [1.29, 1.82) is 0 Å². The van der Waals surface area contributed by atoms with Gasteiger partial charge in [-0.15, -0.1) is 0 Å². The molecule has 5 saturated heterocycles. The van der Waals surface area contributed by atoms with E-state index in [0.717, 1.165) is 12.8 Å². The number of nitrogens with one attached hydrogen (secondary N) is 8. The van der Waals surface area contributed by atoms with Crippen LogP contribution in [0.15, 0.2) is 0 Å². The van der Waals surface area contributed by atoms with Crippen LogP contribution in [0.1, 0.15) is 96.3 Å². The lowest BCUT2D eigenvalue weighted by Crippen LogP contribution is -2.62. The zero-order valence-corrected chi connectivity index (χ0v) is 27.0. The Kier molecular flexibility index (Phi) is 9.18. The highest BCUT2D eigenvalue weighted by molar-refractivity contribution is 7.89. The van der Waals surface area contributed by atoms with E-state index in [2.05, 4.69) is 42.5 Å². The van der Waals surface area contributed by atoms with Crippen molar-refractivity contribution in [3.05, 3.63) is 0 Å². The second kappa shape index (κ2) is 12.8. The lowest BCUT2D eigenvalue weighted by molar-refractivity contribution is 0.168. The molecule has 17 atom stereocenters. The number of sulfonamides is 1. The van der Waals surface area contributed by atoms with Gasteiger partial charge in [0.15, 0.2) is 17.4 Å². The first-order valence-corrected chi connectivity index (χ1v) is 20.1. The van der Waals surface area contributed by atoms with Gasteiger partial charge in [0.1, 0.15) is 0 Å². The Bertz CT molecular complexity index is 1180. The molecule has 0 radical (unpaired) electrons. The molecule has 9 fully saturated rings. The Morgan fingerprint density at radius 2 is 0.644 bits per heavy atom. The molecule has 0 aromatic rings. The lowest BCUT2D eigenvalue weighted by Gasteiger charge is -2.38. The zero-order valence-electron chi connectivity index (χ0n) is 26.2. The maximum Gasteiger partial charge on any atom is 0.212 e. The summed E-state index contributed by atoms with van der Waals surface area (Å²) in [6.45, 7) is 0. The van der Waals surface area contributed by atoms with Crippen molar-refractivity contribution < 1.29 is 8.42 Å². The molecule has 13 heteroatoms. The van der Waals surface area contributed by atoms with Gasteiger partial charge in [-0.05, 0) is 92.8 Å². The van der Waals surface area contributed by atoms with Crippen LogP contribution in [0, 0.1) is 47.3 Å². The summed E-state index contributed by atoms with van der Waals surface area (Å²) in [6, 6.07) is 0. The van der Waals surface area contributed by atoms with Crippen LogP contribution in [-0.2, 0) is 10.0 Å². The summed E-state index contributed by atoms with van der Waals surface area (Å²) in [5.41, 5.74) is 0. The minimum Gasteiger partial charge on any atom is -0.286 e. The minimum atomic E-state index is -3.66. The van der Waals surface area contributed by atoms with E-state index in [1.807, 2.05) is 0 Å². The number of hydrogen-bond donors (Lipinski definition) is 9. The van der Waals surface area contributed by atoms with Crippen molar-refractivity contribution in [3.63, 3.8) is 0 Å². The second-order valence-corrected chi connectivity index (χ2v) is 18.1. The summed E-state index contributed by atoms with van der Waals surface area (Å²) < 4.78 is 26.1. The molecular weight excluding hydrogens is 601 g/mol. The molecule has 9 rings (SSSR count). The molecule has 5 aliphatic heterocycles. The van der Waals surface area contributed by atoms with Gasteiger partial charge in [0.25, 0.3) is 0 Å². The second-order valence-electron chi connectivity index (χ2n) is 16.3. The van der Waals surface area contributed by atoms with E-state index in [1.54, 1.807) is 0 Å². The van der Waals surface area contributed by atoms with Crippen molar-refractivity contribution in [1.82, 2.24) is 42.5 Å². The first-order chi connectivity index (χ1) is 21.4. The molecule has 45 heavy (non-hydrogen) atoms. The Labute approximate surface area is 280 Å². The monoisotopic (exact) mass is 661 g/mol. The smallest absolute Gasteiger partial charge is 0.212 e. The van der Waals surface area contributed by atoms with Crippen molar-refractivity contribution in [2.24, 2.45) is 52.5 Å². The first kappa shape index (κ1) is 32.3. The maximum atomic E-state index is 13.0. The molecule has 9 aliphatic rings. The molecule has 4 saturated carbocycles. The van der Waals surface area contributed by atoms with Gasteiger partial charge in [-0.2, -0.15) is 0 Å². The lowest BCUT2D eigenvalue weighted by atomic mass is 9.76. The topological polar surface area (TPSA) is 156 Å². The SMILES string of the molecule is NS(=O)(=O)C1CCCC2C3NC4NC(NC5NC(NC6NC(NC(N3)C21)C1CCCCC61)C1CCCCC51)C1CCCCC41.[AlH3]. The fourth-order valence-corrected chi connectivity index (χ4v) is 13.7. The highest BCUT2D eigenvalue weighted by atomic mass is 32.2. The normalized spacial score (nSPS) is 54.3. The zero-order chi connectivity index (χ0) is 29.6. The fourth-order valence-electron chi connectivity index (χ4n) is 12.4. The molecular formula is C32H60AlN9O2S. The van der Waals surface area contributed by atoms with Crippen LogP contribution in [0.4, 0.5) is 0 Å². The van der Waals surface area contributed by atoms with Crippen LogP contribution < -0.4 is 47.7 Å². The summed E-state index contributed by atoms with van der Waals surface area (Å²) in [5, 5.41) is 38.2. The minimum absolute atomic E-state index is 0. The molecule has 0 spiro atoms. The Morgan fingerprint density at radius 1 is 0.378 bits per heavy atom. The highest BCUT2D eigenvalue weighted by Crippen LogP contribution is 2.46. The summed E-state index contributed by atoms with van der Waals surface area (Å²) in [5.74, 6) is 3.83. The third-order valence-corrected chi connectivity index (χ3v) is 15.6. The Morgan fingerprint density at radius 3 is 0.956 bits per heavy atom. The van der Waals surface area contributed by atoms with E-state index in [-0.39, 0.29) is 66.2 Å². The summed E-state index contributed by atoms with van der Waals surface area (Å²) in [7, 11) is -3.66. The fraction of sp³-hybridized carbons (Fsp3) is 1.00. The van der Waals surface area contributed by atoms with Crippen LogP contribution >= 0.6 is 0 Å². The van der Waals surface area contributed by atoms with Crippen molar-refractivity contribution in [2.75, 3.05) is 0 Å². The van der Waals surface area contributed by atoms with Gasteiger partial charge in [-0.1, -0.05) is 44.9 Å². The number of rotatable bonds is 1. The quantitative estimate of drug-likeness (QED) is 0.171. The number of hydrogen-bond acceptors (Lipinski definition) is 10. The van der Waals surface area contributed by atoms with Crippen LogP contribution in [0.2, 0.25) is 0 Å². The standard InChI is InChI=1S/C32H57N9O2S.Al.3H/c33-44(42,43)23-15-7-14-22-24(23)32-40-30-21-13-6-5-12-20(21)28(38-30)36-26-17-9-2-1-8-16(17)25(34-26)35-27-18-10-3-4-11-19(18)29(37-27)39-31(22)41-32;;;;/h16-32,34-41H,1-15H2,(H2,33,42,43);;;;. The molecule has 254 valence electrons. The van der Waals surface area contributed by atoms with Crippen molar-refractivity contribution in [3.8, 4) is 0 Å².